The lowest BCUT2D eigenvalue weighted by Gasteiger charge is -2.18. The Hall–Kier alpha value is -4.13. The van der Waals surface area contributed by atoms with Gasteiger partial charge in [0.05, 0.1) is 12.6 Å². The molecule has 174 valence electrons. The van der Waals surface area contributed by atoms with Crippen LogP contribution >= 0.6 is 0 Å². The lowest BCUT2D eigenvalue weighted by Crippen LogP contribution is -2.31. The molecule has 0 fully saturated rings. The fraction of sp³-hybridized carbons (Fsp3) is 0.222. The summed E-state index contributed by atoms with van der Waals surface area (Å²) in [6.45, 7) is 4.83. The fourth-order valence-electron chi connectivity index (χ4n) is 3.84. The van der Waals surface area contributed by atoms with Crippen molar-refractivity contribution in [3.05, 3.63) is 94.4 Å². The molecule has 0 saturated heterocycles. The Morgan fingerprint density at radius 2 is 1.76 bits per heavy atom. The molecule has 0 spiro atoms. The maximum Gasteiger partial charge on any atom is 0.267 e. The summed E-state index contributed by atoms with van der Waals surface area (Å²) >= 11 is 0. The van der Waals surface area contributed by atoms with E-state index in [2.05, 4.69) is 10.3 Å². The maximum absolute atomic E-state index is 13.5. The van der Waals surface area contributed by atoms with Crippen molar-refractivity contribution in [2.24, 2.45) is 5.92 Å². The normalized spacial score (nSPS) is 10.9. The van der Waals surface area contributed by atoms with E-state index in [4.69, 9.17) is 9.47 Å². The Bertz CT molecular complexity index is 1360. The first-order chi connectivity index (χ1) is 16.5. The van der Waals surface area contributed by atoms with Gasteiger partial charge >= 0.3 is 0 Å². The zero-order valence-corrected chi connectivity index (χ0v) is 19.4. The minimum absolute atomic E-state index is 0.0680. The summed E-state index contributed by atoms with van der Waals surface area (Å²) in [5.74, 6) is 0.476. The van der Waals surface area contributed by atoms with Gasteiger partial charge in [-0.25, -0.2) is 4.98 Å². The van der Waals surface area contributed by atoms with E-state index in [0.717, 1.165) is 11.1 Å². The van der Waals surface area contributed by atoms with Crippen LogP contribution in [-0.2, 0) is 13.2 Å². The van der Waals surface area contributed by atoms with Crippen molar-refractivity contribution in [1.82, 2.24) is 9.55 Å². The lowest BCUT2D eigenvalue weighted by molar-refractivity contribution is 0.102. The highest BCUT2D eigenvalue weighted by atomic mass is 16.5. The quantitative estimate of drug-likeness (QED) is 0.407. The Morgan fingerprint density at radius 3 is 2.50 bits per heavy atom. The summed E-state index contributed by atoms with van der Waals surface area (Å²) in [6.07, 6.45) is 1.56. The first-order valence-corrected chi connectivity index (χ1v) is 11.1. The Kier molecular flexibility index (Phi) is 6.92. The summed E-state index contributed by atoms with van der Waals surface area (Å²) in [7, 11) is 1.46. The van der Waals surface area contributed by atoms with Gasteiger partial charge in [0.2, 0.25) is 0 Å². The average Bonchev–Trinajstić information content (AvgIpc) is 2.85. The number of amides is 1. The van der Waals surface area contributed by atoms with Gasteiger partial charge in [0.1, 0.15) is 17.9 Å². The number of fused-ring (bicyclic) bond motifs is 1. The molecule has 4 rings (SSSR count). The van der Waals surface area contributed by atoms with E-state index < -0.39 is 11.5 Å². The first kappa shape index (κ1) is 23.0. The van der Waals surface area contributed by atoms with Crippen molar-refractivity contribution >= 4 is 22.6 Å². The number of hydrogen-bond acceptors (Lipinski definition) is 5. The molecule has 0 radical (unpaired) electrons. The van der Waals surface area contributed by atoms with Crippen molar-refractivity contribution in [3.8, 4) is 11.5 Å². The number of methoxy groups -OCH3 is 1. The molecule has 1 amide bonds. The summed E-state index contributed by atoms with van der Waals surface area (Å²) in [5, 5.41) is 3.45. The van der Waals surface area contributed by atoms with Crippen LogP contribution in [0.15, 0.2) is 77.7 Å². The molecule has 0 aliphatic heterocycles. The van der Waals surface area contributed by atoms with Gasteiger partial charge < -0.3 is 19.4 Å². The third-order valence-corrected chi connectivity index (χ3v) is 5.34. The van der Waals surface area contributed by atoms with E-state index in [1.807, 2.05) is 68.4 Å². The number of para-hydroxylation sites is 1. The Labute approximate surface area is 198 Å². The highest BCUT2D eigenvalue weighted by Gasteiger charge is 2.24. The number of nitrogens with one attached hydrogen (secondary N) is 1. The molecular weight excluding hydrogens is 430 g/mol. The second kappa shape index (κ2) is 10.2. The van der Waals surface area contributed by atoms with E-state index in [1.165, 1.54) is 7.11 Å². The zero-order chi connectivity index (χ0) is 24.1. The Balaban J connectivity index is 1.72. The molecule has 0 aliphatic rings. The predicted octanol–water partition coefficient (Wildman–Crippen LogP) is 4.89. The maximum atomic E-state index is 13.5. The summed E-state index contributed by atoms with van der Waals surface area (Å²) in [4.78, 5) is 31.2. The van der Waals surface area contributed by atoms with Crippen LogP contribution in [0.4, 0.5) is 5.82 Å². The molecule has 7 heteroatoms. The number of benzene rings is 2. The van der Waals surface area contributed by atoms with Gasteiger partial charge in [-0.05, 0) is 35.7 Å². The molecule has 2 aromatic carbocycles. The fourth-order valence-corrected chi connectivity index (χ4v) is 3.84. The van der Waals surface area contributed by atoms with E-state index >= 15 is 0 Å². The predicted molar refractivity (Wildman–Crippen MR) is 133 cm³/mol. The molecule has 2 heterocycles. The van der Waals surface area contributed by atoms with Crippen LogP contribution < -0.4 is 20.3 Å². The highest BCUT2D eigenvalue weighted by molar-refractivity contribution is 6.09. The van der Waals surface area contributed by atoms with E-state index in [-0.39, 0.29) is 23.0 Å². The minimum Gasteiger partial charge on any atom is -0.495 e. The molecule has 0 unspecified atom stereocenters. The van der Waals surface area contributed by atoms with Crippen LogP contribution in [0.25, 0.3) is 10.9 Å². The van der Waals surface area contributed by atoms with Crippen molar-refractivity contribution in [2.75, 3.05) is 12.4 Å². The number of nitrogens with zero attached hydrogens (tertiary/aromatic N) is 2. The van der Waals surface area contributed by atoms with Gasteiger partial charge in [0.25, 0.3) is 11.5 Å². The zero-order valence-electron chi connectivity index (χ0n) is 19.4. The second-order valence-corrected chi connectivity index (χ2v) is 8.31. The number of carbonyl (C=O) groups excluding carboxylic acids is 1. The number of rotatable bonds is 8. The third kappa shape index (κ3) is 4.78. The summed E-state index contributed by atoms with van der Waals surface area (Å²) in [5.41, 5.74) is 1.22. The van der Waals surface area contributed by atoms with E-state index in [1.54, 1.807) is 22.9 Å². The number of carbonyl (C=O) groups is 1. The smallest absolute Gasteiger partial charge is 0.267 e. The van der Waals surface area contributed by atoms with Gasteiger partial charge in [0, 0.05) is 18.1 Å². The molecule has 0 atom stereocenters. The molecule has 7 nitrogen and oxygen atoms in total. The van der Waals surface area contributed by atoms with Gasteiger partial charge in [-0.1, -0.05) is 56.3 Å². The second-order valence-electron chi connectivity index (χ2n) is 8.31. The van der Waals surface area contributed by atoms with Crippen molar-refractivity contribution in [2.45, 2.75) is 27.0 Å². The SMILES string of the molecule is COc1c(C(=O)Nc2ncccc2OCc2ccccc2)c(=O)n(CC(C)C)c2ccccc12. The molecule has 1 N–H and O–H groups in total. The van der Waals surface area contributed by atoms with Crippen LogP contribution in [0.1, 0.15) is 29.8 Å². The van der Waals surface area contributed by atoms with Crippen LogP contribution in [0.2, 0.25) is 0 Å². The van der Waals surface area contributed by atoms with Crippen molar-refractivity contribution in [1.29, 1.82) is 0 Å². The van der Waals surface area contributed by atoms with Crippen LogP contribution in [0.5, 0.6) is 11.5 Å². The summed E-state index contributed by atoms with van der Waals surface area (Å²) in [6, 6.07) is 20.6. The monoisotopic (exact) mass is 457 g/mol. The molecule has 0 saturated carbocycles. The first-order valence-electron chi connectivity index (χ1n) is 11.1. The van der Waals surface area contributed by atoms with Crippen LogP contribution in [0.3, 0.4) is 0 Å². The molecule has 4 aromatic rings. The van der Waals surface area contributed by atoms with E-state index in [0.29, 0.717) is 24.3 Å². The van der Waals surface area contributed by atoms with Gasteiger partial charge in [-0.2, -0.15) is 0 Å². The molecular formula is C27H27N3O4. The number of ether oxygens (including phenoxy) is 2. The topological polar surface area (TPSA) is 82.5 Å². The molecule has 34 heavy (non-hydrogen) atoms. The largest absolute Gasteiger partial charge is 0.495 e. The number of pyridine rings is 2. The van der Waals surface area contributed by atoms with Gasteiger partial charge in [0.15, 0.2) is 11.6 Å². The molecule has 0 bridgehead atoms. The van der Waals surface area contributed by atoms with Gasteiger partial charge in [-0.3, -0.25) is 9.59 Å². The number of aromatic nitrogens is 2. The summed E-state index contributed by atoms with van der Waals surface area (Å²) < 4.78 is 13.1. The van der Waals surface area contributed by atoms with Crippen LogP contribution in [-0.4, -0.2) is 22.6 Å². The average molecular weight is 458 g/mol. The highest BCUT2D eigenvalue weighted by Crippen LogP contribution is 2.29. The van der Waals surface area contributed by atoms with Crippen LogP contribution in [0, 0.1) is 5.92 Å². The molecule has 2 aromatic heterocycles. The number of anilines is 1. The van der Waals surface area contributed by atoms with Crippen molar-refractivity contribution < 1.29 is 14.3 Å². The van der Waals surface area contributed by atoms with E-state index in [9.17, 15) is 9.59 Å². The number of hydrogen-bond donors (Lipinski definition) is 1. The third-order valence-electron chi connectivity index (χ3n) is 5.34. The molecule has 0 aliphatic carbocycles. The standard InChI is InChI=1S/C27H27N3O4/c1-18(2)16-30-21-13-8-7-12-20(21)24(33-3)23(27(30)32)26(31)29-25-22(14-9-15-28-25)34-17-19-10-5-4-6-11-19/h4-15,18H,16-17H2,1-3H3,(H,28,29,31). The Morgan fingerprint density at radius 1 is 1.03 bits per heavy atom. The minimum atomic E-state index is -0.603. The lowest BCUT2D eigenvalue weighted by atomic mass is 10.1. The van der Waals surface area contributed by atoms with Gasteiger partial charge in [-0.15, -0.1) is 0 Å². The van der Waals surface area contributed by atoms with Crippen molar-refractivity contribution in [3.63, 3.8) is 0 Å².